The molecule has 0 spiro atoms. The van der Waals surface area contributed by atoms with E-state index < -0.39 is 0 Å². The van der Waals surface area contributed by atoms with Crippen LogP contribution < -0.4 is 10.1 Å². The van der Waals surface area contributed by atoms with Gasteiger partial charge in [-0.05, 0) is 38.1 Å². The summed E-state index contributed by atoms with van der Waals surface area (Å²) in [6.45, 7) is 4.54. The third-order valence-corrected chi connectivity index (χ3v) is 3.86. The molecule has 0 bridgehead atoms. The zero-order chi connectivity index (χ0) is 15.1. The Bertz CT molecular complexity index is 596. The lowest BCUT2D eigenvalue weighted by atomic mass is 10.2. The van der Waals surface area contributed by atoms with Crippen LogP contribution in [-0.4, -0.2) is 18.3 Å². The Kier molecular flexibility index (Phi) is 5.69. The van der Waals surface area contributed by atoms with Gasteiger partial charge < -0.3 is 10.1 Å². The SMILES string of the molecule is CCOc1ccccc1NC(=O)CSc1ccc(C)cc1. The maximum absolute atomic E-state index is 12.0. The molecule has 110 valence electrons. The molecule has 1 amide bonds. The van der Waals surface area contributed by atoms with Crippen LogP contribution >= 0.6 is 11.8 Å². The molecule has 0 aliphatic rings. The molecule has 2 aromatic carbocycles. The Hall–Kier alpha value is -1.94. The number of carbonyl (C=O) groups is 1. The topological polar surface area (TPSA) is 38.3 Å². The number of ether oxygens (including phenoxy) is 1. The zero-order valence-electron chi connectivity index (χ0n) is 12.3. The van der Waals surface area contributed by atoms with Crippen LogP contribution in [0.1, 0.15) is 12.5 Å². The highest BCUT2D eigenvalue weighted by molar-refractivity contribution is 8.00. The fraction of sp³-hybridized carbons (Fsp3) is 0.235. The molecule has 2 rings (SSSR count). The van der Waals surface area contributed by atoms with Crippen molar-refractivity contribution in [3.05, 3.63) is 54.1 Å². The van der Waals surface area contributed by atoms with E-state index in [0.717, 1.165) is 4.90 Å². The van der Waals surface area contributed by atoms with Crippen LogP contribution in [0.15, 0.2) is 53.4 Å². The largest absolute Gasteiger partial charge is 0.492 e. The van der Waals surface area contributed by atoms with Crippen LogP contribution in [0.25, 0.3) is 0 Å². The Morgan fingerprint density at radius 2 is 1.86 bits per heavy atom. The number of para-hydroxylation sites is 2. The number of amides is 1. The number of anilines is 1. The molecule has 0 fully saturated rings. The van der Waals surface area contributed by atoms with Gasteiger partial charge in [0.25, 0.3) is 0 Å². The molecular weight excluding hydrogens is 282 g/mol. The summed E-state index contributed by atoms with van der Waals surface area (Å²) in [7, 11) is 0. The van der Waals surface area contributed by atoms with Crippen molar-refractivity contribution >= 4 is 23.4 Å². The van der Waals surface area contributed by atoms with E-state index >= 15 is 0 Å². The summed E-state index contributed by atoms with van der Waals surface area (Å²) in [5, 5.41) is 2.89. The van der Waals surface area contributed by atoms with Crippen LogP contribution in [0, 0.1) is 6.92 Å². The summed E-state index contributed by atoms with van der Waals surface area (Å²) >= 11 is 1.52. The molecule has 0 aliphatic heterocycles. The second kappa shape index (κ2) is 7.74. The van der Waals surface area contributed by atoms with E-state index in [9.17, 15) is 4.79 Å². The van der Waals surface area contributed by atoms with E-state index in [0.29, 0.717) is 23.8 Å². The molecule has 4 heteroatoms. The van der Waals surface area contributed by atoms with Crippen molar-refractivity contribution in [2.45, 2.75) is 18.7 Å². The van der Waals surface area contributed by atoms with Gasteiger partial charge >= 0.3 is 0 Å². The van der Waals surface area contributed by atoms with Gasteiger partial charge in [0.05, 0.1) is 18.0 Å². The Balaban J connectivity index is 1.91. The number of hydrogen-bond donors (Lipinski definition) is 1. The Morgan fingerprint density at radius 3 is 2.57 bits per heavy atom. The van der Waals surface area contributed by atoms with Crippen LogP contribution in [0.2, 0.25) is 0 Å². The molecule has 0 heterocycles. The van der Waals surface area contributed by atoms with Gasteiger partial charge in [-0.1, -0.05) is 29.8 Å². The highest BCUT2D eigenvalue weighted by Gasteiger charge is 2.07. The molecule has 0 saturated heterocycles. The molecule has 2 aromatic rings. The molecule has 0 aromatic heterocycles. The quantitative estimate of drug-likeness (QED) is 0.815. The average molecular weight is 301 g/mol. The summed E-state index contributed by atoms with van der Waals surface area (Å²) < 4.78 is 5.49. The second-order valence-corrected chi connectivity index (χ2v) is 5.63. The summed E-state index contributed by atoms with van der Waals surface area (Å²) in [5.74, 6) is 1.05. The predicted octanol–water partition coefficient (Wildman–Crippen LogP) is 4.12. The fourth-order valence-electron chi connectivity index (χ4n) is 1.82. The monoisotopic (exact) mass is 301 g/mol. The lowest BCUT2D eigenvalue weighted by molar-refractivity contribution is -0.113. The molecule has 0 saturated carbocycles. The van der Waals surface area contributed by atoms with Gasteiger partial charge in [0.2, 0.25) is 5.91 Å². The highest BCUT2D eigenvalue weighted by atomic mass is 32.2. The first-order valence-electron chi connectivity index (χ1n) is 6.90. The molecule has 0 unspecified atom stereocenters. The van der Waals surface area contributed by atoms with Crippen LogP contribution in [0.5, 0.6) is 5.75 Å². The van der Waals surface area contributed by atoms with E-state index in [2.05, 4.69) is 5.32 Å². The lowest BCUT2D eigenvalue weighted by Gasteiger charge is -2.11. The van der Waals surface area contributed by atoms with Crippen molar-refractivity contribution < 1.29 is 9.53 Å². The molecular formula is C17H19NO2S. The molecule has 0 atom stereocenters. The zero-order valence-corrected chi connectivity index (χ0v) is 13.1. The Labute approximate surface area is 129 Å². The third-order valence-electron chi connectivity index (χ3n) is 2.85. The first kappa shape index (κ1) is 15.4. The molecule has 0 radical (unpaired) electrons. The minimum atomic E-state index is -0.0345. The van der Waals surface area contributed by atoms with Gasteiger partial charge in [-0.2, -0.15) is 0 Å². The summed E-state index contributed by atoms with van der Waals surface area (Å²) in [5.41, 5.74) is 1.93. The van der Waals surface area contributed by atoms with Gasteiger partial charge in [0.15, 0.2) is 0 Å². The fourth-order valence-corrected chi connectivity index (χ4v) is 2.52. The summed E-state index contributed by atoms with van der Waals surface area (Å²) in [6, 6.07) is 15.6. The molecule has 3 nitrogen and oxygen atoms in total. The second-order valence-electron chi connectivity index (χ2n) is 4.58. The van der Waals surface area contributed by atoms with Gasteiger partial charge in [0.1, 0.15) is 5.75 Å². The molecule has 21 heavy (non-hydrogen) atoms. The summed E-state index contributed by atoms with van der Waals surface area (Å²) in [6.07, 6.45) is 0. The van der Waals surface area contributed by atoms with Gasteiger partial charge in [-0.15, -0.1) is 11.8 Å². The van der Waals surface area contributed by atoms with Crippen LogP contribution in [0.4, 0.5) is 5.69 Å². The van der Waals surface area contributed by atoms with Crippen molar-refractivity contribution in [1.29, 1.82) is 0 Å². The average Bonchev–Trinajstić information content (AvgIpc) is 2.49. The van der Waals surface area contributed by atoms with E-state index in [1.165, 1.54) is 17.3 Å². The van der Waals surface area contributed by atoms with E-state index in [1.54, 1.807) is 0 Å². The normalized spacial score (nSPS) is 10.2. The maximum atomic E-state index is 12.0. The number of thioether (sulfide) groups is 1. The number of aryl methyl sites for hydroxylation is 1. The van der Waals surface area contributed by atoms with Crippen molar-refractivity contribution in [3.63, 3.8) is 0 Å². The lowest BCUT2D eigenvalue weighted by Crippen LogP contribution is -2.14. The maximum Gasteiger partial charge on any atom is 0.234 e. The third kappa shape index (κ3) is 4.83. The van der Waals surface area contributed by atoms with Crippen molar-refractivity contribution in [2.75, 3.05) is 17.7 Å². The van der Waals surface area contributed by atoms with E-state index in [-0.39, 0.29) is 5.91 Å². The number of nitrogens with one attached hydrogen (secondary N) is 1. The minimum Gasteiger partial charge on any atom is -0.492 e. The van der Waals surface area contributed by atoms with Crippen LogP contribution in [-0.2, 0) is 4.79 Å². The van der Waals surface area contributed by atoms with Gasteiger partial charge in [-0.25, -0.2) is 0 Å². The highest BCUT2D eigenvalue weighted by Crippen LogP contribution is 2.24. The molecule has 0 aliphatic carbocycles. The Morgan fingerprint density at radius 1 is 1.14 bits per heavy atom. The smallest absolute Gasteiger partial charge is 0.234 e. The molecule has 1 N–H and O–H groups in total. The predicted molar refractivity (Wildman–Crippen MR) is 88.1 cm³/mol. The first-order valence-corrected chi connectivity index (χ1v) is 7.88. The van der Waals surface area contributed by atoms with Crippen molar-refractivity contribution in [1.82, 2.24) is 0 Å². The van der Waals surface area contributed by atoms with E-state index in [1.807, 2.05) is 62.4 Å². The van der Waals surface area contributed by atoms with Gasteiger partial charge in [0, 0.05) is 4.90 Å². The number of benzene rings is 2. The number of hydrogen-bond acceptors (Lipinski definition) is 3. The first-order chi connectivity index (χ1) is 10.2. The van der Waals surface area contributed by atoms with Gasteiger partial charge in [-0.3, -0.25) is 4.79 Å². The van der Waals surface area contributed by atoms with Crippen LogP contribution in [0.3, 0.4) is 0 Å². The summed E-state index contributed by atoms with van der Waals surface area (Å²) in [4.78, 5) is 13.1. The van der Waals surface area contributed by atoms with Crippen molar-refractivity contribution in [3.8, 4) is 5.75 Å². The van der Waals surface area contributed by atoms with Crippen molar-refractivity contribution in [2.24, 2.45) is 0 Å². The van der Waals surface area contributed by atoms with E-state index in [4.69, 9.17) is 4.74 Å². The number of carbonyl (C=O) groups excluding carboxylic acids is 1. The minimum absolute atomic E-state index is 0.0345. The standard InChI is InChI=1S/C17H19NO2S/c1-3-20-16-7-5-4-6-15(16)18-17(19)12-21-14-10-8-13(2)9-11-14/h4-11H,3,12H2,1-2H3,(H,18,19). The number of rotatable bonds is 6.